The molecule has 0 unspecified atom stereocenters. The molecule has 1 N–H and O–H groups in total. The predicted molar refractivity (Wildman–Crippen MR) is 86.3 cm³/mol. The maximum atomic E-state index is 12.4. The van der Waals surface area contributed by atoms with Crippen molar-refractivity contribution >= 4 is 17.2 Å². The minimum atomic E-state index is -4.94. The van der Waals surface area contributed by atoms with E-state index in [4.69, 9.17) is 9.47 Å². The molecule has 0 spiro atoms. The second-order valence-corrected chi connectivity index (χ2v) is 5.62. The van der Waals surface area contributed by atoms with Crippen molar-refractivity contribution in [1.29, 1.82) is 0 Å². The Balaban J connectivity index is 1.65. The lowest BCUT2D eigenvalue weighted by atomic mass is 10.1. The van der Waals surface area contributed by atoms with Gasteiger partial charge in [0.1, 0.15) is 18.9 Å². The highest BCUT2D eigenvalue weighted by atomic mass is 19.4. The maximum Gasteiger partial charge on any atom is 0.471 e. The zero-order chi connectivity index (χ0) is 18.3. The third-order valence-electron chi connectivity index (χ3n) is 3.80. The van der Waals surface area contributed by atoms with Gasteiger partial charge < -0.3 is 19.2 Å². The normalized spacial score (nSPS) is 13.7. The molecule has 0 aliphatic carbocycles. The minimum Gasteiger partial charge on any atom is -0.486 e. The third kappa shape index (κ3) is 3.03. The number of nitrogens with zero attached hydrogens (tertiary/aromatic N) is 2. The highest BCUT2D eigenvalue weighted by molar-refractivity contribution is 5.94. The number of fused-ring (bicyclic) bond motifs is 2. The molecule has 2 aromatic heterocycles. The van der Waals surface area contributed by atoms with Crippen molar-refractivity contribution in [2.75, 3.05) is 18.5 Å². The molecule has 26 heavy (non-hydrogen) atoms. The molecule has 0 bridgehead atoms. The largest absolute Gasteiger partial charge is 0.486 e. The van der Waals surface area contributed by atoms with Crippen molar-refractivity contribution in [2.24, 2.45) is 0 Å². The molecule has 0 atom stereocenters. The first kappa shape index (κ1) is 16.2. The number of nitrogens with one attached hydrogen (secondary N) is 1. The second kappa shape index (κ2) is 5.94. The van der Waals surface area contributed by atoms with E-state index in [1.807, 2.05) is 11.4 Å². The summed E-state index contributed by atoms with van der Waals surface area (Å²) in [6.45, 7) is 0.955. The number of amides is 1. The smallest absolute Gasteiger partial charge is 0.471 e. The van der Waals surface area contributed by atoms with Gasteiger partial charge in [0, 0.05) is 18.0 Å². The fourth-order valence-corrected chi connectivity index (χ4v) is 2.61. The van der Waals surface area contributed by atoms with E-state index < -0.39 is 12.1 Å². The summed E-state index contributed by atoms with van der Waals surface area (Å²) >= 11 is 0. The number of carbonyl (C=O) groups is 1. The predicted octanol–water partition coefficient (Wildman–Crippen LogP) is 3.27. The van der Waals surface area contributed by atoms with Crippen LogP contribution in [0, 0.1) is 0 Å². The van der Waals surface area contributed by atoms with Crippen molar-refractivity contribution in [3.8, 4) is 22.8 Å². The minimum absolute atomic E-state index is 0.0194. The Bertz CT molecular complexity index is 998. The van der Waals surface area contributed by atoms with Crippen LogP contribution < -0.4 is 14.8 Å². The molecule has 3 aromatic rings. The number of anilines is 1. The number of imidazole rings is 1. The van der Waals surface area contributed by atoms with Crippen LogP contribution >= 0.6 is 0 Å². The van der Waals surface area contributed by atoms with E-state index in [9.17, 15) is 18.0 Å². The van der Waals surface area contributed by atoms with Crippen molar-refractivity contribution in [1.82, 2.24) is 9.38 Å². The number of aromatic nitrogens is 2. The zero-order valence-corrected chi connectivity index (χ0v) is 13.2. The molecule has 3 heterocycles. The molecule has 4 rings (SSSR count). The van der Waals surface area contributed by atoms with Crippen LogP contribution in [0.15, 0.2) is 42.7 Å². The van der Waals surface area contributed by atoms with Crippen LogP contribution in [0.1, 0.15) is 0 Å². The third-order valence-corrected chi connectivity index (χ3v) is 3.80. The molecule has 0 saturated carbocycles. The Morgan fingerprint density at radius 3 is 2.62 bits per heavy atom. The SMILES string of the molecule is O=C(Nc1ccc2nc(-c3ccc4c(c3)OCCO4)cn2c1)C(F)(F)F. The number of hydrogen-bond donors (Lipinski definition) is 1. The summed E-state index contributed by atoms with van der Waals surface area (Å²) in [6, 6.07) is 8.28. The average Bonchev–Trinajstić information content (AvgIpc) is 3.04. The Hall–Kier alpha value is -3.23. The van der Waals surface area contributed by atoms with E-state index >= 15 is 0 Å². The van der Waals surface area contributed by atoms with Crippen LogP contribution in [0.25, 0.3) is 16.9 Å². The van der Waals surface area contributed by atoms with Crippen LogP contribution in [0.2, 0.25) is 0 Å². The summed E-state index contributed by atoms with van der Waals surface area (Å²) in [5.41, 5.74) is 1.94. The molecular weight excluding hydrogens is 351 g/mol. The van der Waals surface area contributed by atoms with Gasteiger partial charge in [-0.05, 0) is 30.3 Å². The van der Waals surface area contributed by atoms with Crippen molar-refractivity contribution < 1.29 is 27.4 Å². The Labute approximate surface area is 145 Å². The highest BCUT2D eigenvalue weighted by Gasteiger charge is 2.38. The van der Waals surface area contributed by atoms with Crippen molar-refractivity contribution in [3.63, 3.8) is 0 Å². The summed E-state index contributed by atoms with van der Waals surface area (Å²) in [7, 11) is 0. The summed E-state index contributed by atoms with van der Waals surface area (Å²) < 4.78 is 49.6. The van der Waals surface area contributed by atoms with Crippen LogP contribution in [0.3, 0.4) is 0 Å². The Kier molecular flexibility index (Phi) is 3.71. The van der Waals surface area contributed by atoms with E-state index in [0.717, 1.165) is 5.56 Å². The van der Waals surface area contributed by atoms with E-state index in [1.54, 1.807) is 18.3 Å². The Morgan fingerprint density at radius 1 is 1.08 bits per heavy atom. The quantitative estimate of drug-likeness (QED) is 0.759. The number of alkyl halides is 3. The first-order chi connectivity index (χ1) is 12.4. The molecule has 1 aliphatic heterocycles. The monoisotopic (exact) mass is 363 g/mol. The first-order valence-corrected chi connectivity index (χ1v) is 7.67. The fraction of sp³-hybridized carbons (Fsp3) is 0.176. The highest BCUT2D eigenvalue weighted by Crippen LogP contribution is 2.34. The number of hydrogen-bond acceptors (Lipinski definition) is 4. The topological polar surface area (TPSA) is 64.9 Å². The lowest BCUT2D eigenvalue weighted by Gasteiger charge is -2.18. The van der Waals surface area contributed by atoms with E-state index in [1.165, 1.54) is 22.7 Å². The number of benzene rings is 1. The molecule has 1 aromatic carbocycles. The fourth-order valence-electron chi connectivity index (χ4n) is 2.61. The molecular formula is C17H12F3N3O3. The van der Waals surface area contributed by atoms with Gasteiger partial charge in [0.15, 0.2) is 11.5 Å². The summed E-state index contributed by atoms with van der Waals surface area (Å²) in [5, 5.41) is 1.81. The van der Waals surface area contributed by atoms with Gasteiger partial charge in [0.2, 0.25) is 0 Å². The number of carbonyl (C=O) groups excluding carboxylic acids is 1. The van der Waals surface area contributed by atoms with Gasteiger partial charge >= 0.3 is 12.1 Å². The van der Waals surface area contributed by atoms with E-state index in [0.29, 0.717) is 36.1 Å². The number of pyridine rings is 1. The average molecular weight is 363 g/mol. The van der Waals surface area contributed by atoms with Crippen molar-refractivity contribution in [3.05, 3.63) is 42.7 Å². The summed E-state index contributed by atoms with van der Waals surface area (Å²) in [5.74, 6) is -0.756. The van der Waals surface area contributed by atoms with Gasteiger partial charge in [0.05, 0.1) is 11.4 Å². The maximum absolute atomic E-state index is 12.4. The molecule has 134 valence electrons. The number of halogens is 3. The molecule has 0 fully saturated rings. The van der Waals surface area contributed by atoms with Gasteiger partial charge in [0.25, 0.3) is 0 Å². The second-order valence-electron chi connectivity index (χ2n) is 5.62. The van der Waals surface area contributed by atoms with Gasteiger partial charge in [-0.1, -0.05) is 0 Å². The molecule has 0 saturated heterocycles. The number of rotatable bonds is 2. The van der Waals surface area contributed by atoms with Crippen LogP contribution in [0.4, 0.5) is 18.9 Å². The van der Waals surface area contributed by atoms with Crippen LogP contribution in [-0.2, 0) is 4.79 Å². The first-order valence-electron chi connectivity index (χ1n) is 7.67. The summed E-state index contributed by atoms with van der Waals surface area (Å²) in [6.07, 6.45) is -1.92. The standard InChI is InChI=1S/C17H12F3N3O3/c18-17(19,20)16(24)21-11-2-4-15-22-12(9-23(15)8-11)10-1-3-13-14(7-10)26-6-5-25-13/h1-4,7-9H,5-6H2,(H,21,24). The van der Waals surface area contributed by atoms with Gasteiger partial charge in [-0.2, -0.15) is 13.2 Å². The van der Waals surface area contributed by atoms with Gasteiger partial charge in [-0.3, -0.25) is 4.79 Å². The van der Waals surface area contributed by atoms with Gasteiger partial charge in [-0.25, -0.2) is 4.98 Å². The molecule has 0 radical (unpaired) electrons. The van der Waals surface area contributed by atoms with Crippen LogP contribution in [0.5, 0.6) is 11.5 Å². The molecule has 1 aliphatic rings. The molecule has 9 heteroatoms. The lowest BCUT2D eigenvalue weighted by Crippen LogP contribution is -2.29. The summed E-state index contributed by atoms with van der Waals surface area (Å²) in [4.78, 5) is 15.5. The van der Waals surface area contributed by atoms with Crippen LogP contribution in [-0.4, -0.2) is 34.7 Å². The Morgan fingerprint density at radius 2 is 1.85 bits per heavy atom. The molecule has 6 nitrogen and oxygen atoms in total. The zero-order valence-electron chi connectivity index (χ0n) is 13.2. The van der Waals surface area contributed by atoms with E-state index in [2.05, 4.69) is 4.98 Å². The molecule has 1 amide bonds. The number of ether oxygens (including phenoxy) is 2. The van der Waals surface area contributed by atoms with Gasteiger partial charge in [-0.15, -0.1) is 0 Å². The van der Waals surface area contributed by atoms with E-state index in [-0.39, 0.29) is 5.69 Å². The lowest BCUT2D eigenvalue weighted by molar-refractivity contribution is -0.167. The van der Waals surface area contributed by atoms with Crippen molar-refractivity contribution in [2.45, 2.75) is 6.18 Å².